The second-order valence-electron chi connectivity index (χ2n) is 9.70. The third-order valence-corrected chi connectivity index (χ3v) is 9.23. The monoisotopic (exact) mass is 603 g/mol. The number of nitrogens with zero attached hydrogens (tertiary/aromatic N) is 2. The normalized spacial score (nSPS) is 11.7. The van der Waals surface area contributed by atoms with Crippen LogP contribution in [0.1, 0.15) is 10.4 Å². The van der Waals surface area contributed by atoms with Crippen LogP contribution in [0.4, 0.5) is 14.5 Å². The van der Waals surface area contributed by atoms with E-state index in [2.05, 4.69) is 10.3 Å². The second-order valence-corrected chi connectivity index (χ2v) is 12.7. The van der Waals surface area contributed by atoms with Crippen LogP contribution >= 0.6 is 11.3 Å². The Kier molecular flexibility index (Phi) is 6.78. The Bertz CT molecular complexity index is 2120. The Labute approximate surface area is 244 Å². The van der Waals surface area contributed by atoms with Gasteiger partial charge in [-0.15, -0.1) is 11.3 Å². The van der Waals surface area contributed by atoms with E-state index in [1.807, 2.05) is 24.3 Å². The first-order valence-corrected chi connectivity index (χ1v) is 15.4. The number of carbonyl (C=O) groups is 1. The maximum absolute atomic E-state index is 13.8. The topological polar surface area (TPSA) is 92.5 Å². The van der Waals surface area contributed by atoms with Gasteiger partial charge in [-0.05, 0) is 60.2 Å². The predicted molar refractivity (Wildman–Crippen MR) is 162 cm³/mol. The lowest BCUT2D eigenvalue weighted by atomic mass is 9.97. The van der Waals surface area contributed by atoms with Crippen molar-refractivity contribution >= 4 is 54.1 Å². The summed E-state index contributed by atoms with van der Waals surface area (Å²) < 4.78 is 60.9. The van der Waals surface area contributed by atoms with E-state index in [4.69, 9.17) is 4.42 Å². The maximum atomic E-state index is 13.8. The van der Waals surface area contributed by atoms with Gasteiger partial charge in [0.25, 0.3) is 5.91 Å². The van der Waals surface area contributed by atoms with Crippen LogP contribution in [-0.4, -0.2) is 39.7 Å². The molecule has 0 saturated heterocycles. The molecule has 0 saturated carbocycles. The minimum atomic E-state index is -3.70. The van der Waals surface area contributed by atoms with Gasteiger partial charge in [-0.2, -0.15) is 0 Å². The molecule has 6 rings (SSSR count). The Hall–Kier alpha value is -4.61. The zero-order valence-electron chi connectivity index (χ0n) is 22.6. The van der Waals surface area contributed by atoms with Crippen molar-refractivity contribution in [3.63, 3.8) is 0 Å². The molecular formula is C31H23F2N3O4S2. The van der Waals surface area contributed by atoms with Crippen molar-refractivity contribution in [1.82, 2.24) is 10.3 Å². The third kappa shape index (κ3) is 4.90. The van der Waals surface area contributed by atoms with E-state index in [1.54, 1.807) is 18.2 Å². The molecule has 0 fully saturated rings. The highest BCUT2D eigenvalue weighted by Crippen LogP contribution is 2.42. The zero-order valence-corrected chi connectivity index (χ0v) is 24.2. The molecule has 212 valence electrons. The van der Waals surface area contributed by atoms with Gasteiger partial charge >= 0.3 is 0 Å². The summed E-state index contributed by atoms with van der Waals surface area (Å²) >= 11 is 1.34. The molecular weight excluding hydrogens is 580 g/mol. The number of rotatable bonds is 6. The maximum Gasteiger partial charge on any atom is 0.255 e. The predicted octanol–water partition coefficient (Wildman–Crippen LogP) is 7.08. The molecule has 1 N–H and O–H groups in total. The number of amides is 1. The van der Waals surface area contributed by atoms with Gasteiger partial charge in [0, 0.05) is 42.2 Å². The largest absolute Gasteiger partial charge is 0.455 e. The molecule has 0 bridgehead atoms. The van der Waals surface area contributed by atoms with Crippen LogP contribution in [0.2, 0.25) is 0 Å². The van der Waals surface area contributed by atoms with Gasteiger partial charge in [0.1, 0.15) is 28.0 Å². The molecule has 0 aliphatic carbocycles. The summed E-state index contributed by atoms with van der Waals surface area (Å²) in [5.74, 6) is -0.974. The summed E-state index contributed by atoms with van der Waals surface area (Å²) in [5.41, 5.74) is 3.95. The molecule has 2 heterocycles. The molecule has 4 aromatic carbocycles. The molecule has 11 heteroatoms. The summed E-state index contributed by atoms with van der Waals surface area (Å²) in [6.07, 6.45) is 1.10. The number of fused-ring (bicyclic) bond motifs is 2. The number of furan rings is 1. The Balaban J connectivity index is 1.60. The Morgan fingerprint density at radius 3 is 2.36 bits per heavy atom. The number of carbonyl (C=O) groups excluding carboxylic acids is 1. The number of benzene rings is 4. The van der Waals surface area contributed by atoms with Crippen LogP contribution in [-0.2, 0) is 10.0 Å². The van der Waals surface area contributed by atoms with Gasteiger partial charge < -0.3 is 9.73 Å². The molecule has 1 amide bonds. The molecule has 6 aromatic rings. The van der Waals surface area contributed by atoms with Crippen molar-refractivity contribution in [2.45, 2.75) is 0 Å². The summed E-state index contributed by atoms with van der Waals surface area (Å²) in [6, 6.07) is 20.7. The molecule has 42 heavy (non-hydrogen) atoms. The number of nitrogens with one attached hydrogen (secondary N) is 1. The summed E-state index contributed by atoms with van der Waals surface area (Å²) in [5, 5.41) is 3.76. The van der Waals surface area contributed by atoms with Crippen molar-refractivity contribution < 1.29 is 26.4 Å². The number of sulfonamides is 1. The SMILES string of the molecule is CNC(=O)c1c(-c2ccc(F)cc2)oc2cc(N(C)S(C)(=O)=O)c(-c3cccc(-c4nc5ccc(F)cc5s4)c3)cc12. The molecule has 0 aliphatic rings. The van der Waals surface area contributed by atoms with Gasteiger partial charge in [-0.3, -0.25) is 9.10 Å². The van der Waals surface area contributed by atoms with E-state index in [0.717, 1.165) is 16.1 Å². The number of hydrogen-bond acceptors (Lipinski definition) is 6. The van der Waals surface area contributed by atoms with Crippen molar-refractivity contribution in [3.8, 4) is 33.0 Å². The first-order valence-electron chi connectivity index (χ1n) is 12.7. The van der Waals surface area contributed by atoms with Crippen LogP contribution < -0.4 is 9.62 Å². The second kappa shape index (κ2) is 10.3. The lowest BCUT2D eigenvalue weighted by Gasteiger charge is -2.21. The average Bonchev–Trinajstić information content (AvgIpc) is 3.56. The Morgan fingerprint density at radius 2 is 1.64 bits per heavy atom. The summed E-state index contributed by atoms with van der Waals surface area (Å²) in [6.45, 7) is 0. The zero-order chi connectivity index (χ0) is 29.8. The van der Waals surface area contributed by atoms with Crippen molar-refractivity contribution in [2.75, 3.05) is 24.7 Å². The van der Waals surface area contributed by atoms with E-state index in [0.29, 0.717) is 43.0 Å². The molecule has 0 atom stereocenters. The fourth-order valence-electron chi connectivity index (χ4n) is 4.80. The third-order valence-electron chi connectivity index (χ3n) is 6.97. The molecule has 0 unspecified atom stereocenters. The summed E-state index contributed by atoms with van der Waals surface area (Å²) in [4.78, 5) is 17.8. The van der Waals surface area contributed by atoms with Crippen LogP contribution in [0.5, 0.6) is 0 Å². The van der Waals surface area contributed by atoms with Gasteiger partial charge in [0.15, 0.2) is 0 Å². The van der Waals surface area contributed by atoms with Crippen LogP contribution in [0.15, 0.2) is 83.3 Å². The highest BCUT2D eigenvalue weighted by molar-refractivity contribution is 7.92. The quantitative estimate of drug-likeness (QED) is 0.220. The lowest BCUT2D eigenvalue weighted by Crippen LogP contribution is -2.25. The number of hydrogen-bond donors (Lipinski definition) is 1. The standard InChI is InChI=1S/C31H23F2N3O4S2/c1-34-30(37)28-23-15-22(18-5-4-6-19(13-18)31-35-24-12-11-21(33)14-27(24)41-31)25(36(2)42(3,38)39)16-26(23)40-29(28)17-7-9-20(32)10-8-17/h4-16H,1-3H3,(H,34,37). The fraction of sp³-hybridized carbons (Fsp3) is 0.0968. The Morgan fingerprint density at radius 1 is 0.929 bits per heavy atom. The minimum absolute atomic E-state index is 0.227. The van der Waals surface area contributed by atoms with Crippen molar-refractivity contribution in [2.24, 2.45) is 0 Å². The van der Waals surface area contributed by atoms with E-state index < -0.39 is 21.7 Å². The molecule has 0 aliphatic heterocycles. The highest BCUT2D eigenvalue weighted by Gasteiger charge is 2.26. The average molecular weight is 604 g/mol. The van der Waals surface area contributed by atoms with Gasteiger partial charge in [0.05, 0.1) is 27.7 Å². The lowest BCUT2D eigenvalue weighted by molar-refractivity contribution is 0.0964. The van der Waals surface area contributed by atoms with Crippen LogP contribution in [0.25, 0.3) is 54.2 Å². The van der Waals surface area contributed by atoms with Crippen LogP contribution in [0, 0.1) is 11.6 Å². The van der Waals surface area contributed by atoms with E-state index in [-0.39, 0.29) is 22.7 Å². The minimum Gasteiger partial charge on any atom is -0.455 e. The van der Waals surface area contributed by atoms with Crippen LogP contribution in [0.3, 0.4) is 0 Å². The van der Waals surface area contributed by atoms with Gasteiger partial charge in [0.2, 0.25) is 10.0 Å². The molecule has 2 aromatic heterocycles. The van der Waals surface area contributed by atoms with E-state index in [9.17, 15) is 22.0 Å². The molecule has 7 nitrogen and oxygen atoms in total. The number of anilines is 1. The number of aromatic nitrogens is 1. The summed E-state index contributed by atoms with van der Waals surface area (Å²) in [7, 11) is -0.759. The number of thiazole rings is 1. The van der Waals surface area contributed by atoms with Crippen molar-refractivity contribution in [3.05, 3.63) is 96.1 Å². The fourth-order valence-corrected chi connectivity index (χ4v) is 6.29. The molecule has 0 radical (unpaired) electrons. The first kappa shape index (κ1) is 27.6. The van der Waals surface area contributed by atoms with Gasteiger partial charge in [-0.25, -0.2) is 22.2 Å². The van der Waals surface area contributed by atoms with E-state index >= 15 is 0 Å². The number of halogens is 2. The molecule has 0 spiro atoms. The van der Waals surface area contributed by atoms with E-state index in [1.165, 1.54) is 61.8 Å². The first-order chi connectivity index (χ1) is 20.0. The van der Waals surface area contributed by atoms with Crippen molar-refractivity contribution in [1.29, 1.82) is 0 Å². The smallest absolute Gasteiger partial charge is 0.255 e. The highest BCUT2D eigenvalue weighted by atomic mass is 32.2. The van der Waals surface area contributed by atoms with Gasteiger partial charge in [-0.1, -0.05) is 18.2 Å².